The minimum Gasteiger partial charge on any atom is -0.485 e. The monoisotopic (exact) mass is 394 g/mol. The summed E-state index contributed by atoms with van der Waals surface area (Å²) < 4.78 is 11.4. The zero-order valence-electron chi connectivity index (χ0n) is 16.6. The molecule has 1 aliphatic heterocycles. The highest BCUT2D eigenvalue weighted by Gasteiger charge is 2.29. The lowest BCUT2D eigenvalue weighted by Gasteiger charge is -2.32. The van der Waals surface area contributed by atoms with Crippen LogP contribution in [0.4, 0.5) is 5.69 Å². The Balaban J connectivity index is 1.47. The van der Waals surface area contributed by atoms with E-state index in [0.29, 0.717) is 22.7 Å². The number of ether oxygens (including phenoxy) is 2. The van der Waals surface area contributed by atoms with Gasteiger partial charge in [-0.15, -0.1) is 0 Å². The van der Waals surface area contributed by atoms with Crippen molar-refractivity contribution in [2.45, 2.75) is 44.2 Å². The Bertz CT molecular complexity index is 892. The van der Waals surface area contributed by atoms with Gasteiger partial charge in [0, 0.05) is 13.1 Å². The van der Waals surface area contributed by atoms with Crippen LogP contribution >= 0.6 is 0 Å². The van der Waals surface area contributed by atoms with Crippen molar-refractivity contribution >= 4 is 17.5 Å². The first-order valence-electron chi connectivity index (χ1n) is 10.2. The third-order valence-electron chi connectivity index (χ3n) is 5.66. The first-order chi connectivity index (χ1) is 14.1. The maximum absolute atomic E-state index is 13.1. The van der Waals surface area contributed by atoms with Gasteiger partial charge in [0.2, 0.25) is 6.10 Å². The smallest absolute Gasteiger partial charge is 0.269 e. The average molecular weight is 394 g/mol. The van der Waals surface area contributed by atoms with Crippen LogP contribution in [0.15, 0.2) is 48.5 Å². The Hall–Kier alpha value is -3.02. The molecule has 6 heteroatoms. The first-order valence-corrected chi connectivity index (χ1v) is 10.2. The summed E-state index contributed by atoms with van der Waals surface area (Å²) >= 11 is 0. The molecule has 152 valence electrons. The van der Waals surface area contributed by atoms with Gasteiger partial charge < -0.3 is 19.7 Å². The van der Waals surface area contributed by atoms with Crippen LogP contribution in [0.1, 0.15) is 42.5 Å². The van der Waals surface area contributed by atoms with E-state index < -0.39 is 6.10 Å². The number of hydrogen-bond donors (Lipinski definition) is 1. The second-order valence-electron chi connectivity index (χ2n) is 7.61. The lowest BCUT2D eigenvalue weighted by atomic mass is 9.94. The molecule has 2 amide bonds. The molecule has 1 N–H and O–H groups in total. The van der Waals surface area contributed by atoms with Crippen LogP contribution in [0.2, 0.25) is 0 Å². The molecule has 4 rings (SSSR count). The minimum atomic E-state index is -0.774. The fourth-order valence-corrected chi connectivity index (χ4v) is 3.96. The van der Waals surface area contributed by atoms with E-state index >= 15 is 0 Å². The molecular formula is C23H26N2O4. The molecule has 1 fully saturated rings. The first kappa shape index (κ1) is 19.3. The second kappa shape index (κ2) is 8.55. The number of carbonyl (C=O) groups excluding carboxylic acids is 2. The van der Waals surface area contributed by atoms with Crippen molar-refractivity contribution in [1.82, 2.24) is 4.90 Å². The highest BCUT2D eigenvalue weighted by molar-refractivity contribution is 6.04. The molecule has 29 heavy (non-hydrogen) atoms. The van der Waals surface area contributed by atoms with Crippen LogP contribution < -0.4 is 14.8 Å². The molecule has 2 aliphatic rings. The van der Waals surface area contributed by atoms with Gasteiger partial charge in [-0.05, 0) is 37.1 Å². The van der Waals surface area contributed by atoms with Gasteiger partial charge in [-0.2, -0.15) is 0 Å². The van der Waals surface area contributed by atoms with Crippen LogP contribution in [0.5, 0.6) is 11.5 Å². The topological polar surface area (TPSA) is 67.9 Å². The molecule has 1 unspecified atom stereocenters. The fourth-order valence-electron chi connectivity index (χ4n) is 3.96. The molecule has 1 saturated carbocycles. The number of fused-ring (bicyclic) bond motifs is 1. The highest BCUT2D eigenvalue weighted by Crippen LogP contribution is 2.31. The summed E-state index contributed by atoms with van der Waals surface area (Å²) in [6.45, 7) is 0.126. The molecule has 0 saturated heterocycles. The van der Waals surface area contributed by atoms with Crippen molar-refractivity contribution < 1.29 is 19.1 Å². The van der Waals surface area contributed by atoms with Crippen molar-refractivity contribution in [3.8, 4) is 11.5 Å². The van der Waals surface area contributed by atoms with E-state index in [2.05, 4.69) is 5.32 Å². The van der Waals surface area contributed by atoms with E-state index in [1.54, 1.807) is 30.3 Å². The molecule has 2 aromatic rings. The molecular weight excluding hydrogens is 368 g/mol. The van der Waals surface area contributed by atoms with Gasteiger partial charge in [-0.25, -0.2) is 0 Å². The van der Waals surface area contributed by atoms with Crippen molar-refractivity contribution in [2.75, 3.05) is 19.0 Å². The maximum Gasteiger partial charge on any atom is 0.269 e. The number of benzene rings is 2. The van der Waals surface area contributed by atoms with Gasteiger partial charge in [-0.1, -0.05) is 43.5 Å². The third kappa shape index (κ3) is 4.21. The van der Waals surface area contributed by atoms with Gasteiger partial charge >= 0.3 is 0 Å². The average Bonchev–Trinajstić information content (AvgIpc) is 2.78. The SMILES string of the molecule is CN(C(=O)c1ccccc1NC(=O)C1COc2ccccc2O1)C1CCCCC1. The Morgan fingerprint density at radius 3 is 2.45 bits per heavy atom. The molecule has 0 spiro atoms. The summed E-state index contributed by atoms with van der Waals surface area (Å²) in [5.41, 5.74) is 0.985. The molecule has 1 atom stereocenters. The number of hydrogen-bond acceptors (Lipinski definition) is 4. The second-order valence-corrected chi connectivity index (χ2v) is 7.61. The summed E-state index contributed by atoms with van der Waals surface area (Å²) in [4.78, 5) is 27.7. The molecule has 0 radical (unpaired) electrons. The normalized spacial score (nSPS) is 18.7. The summed E-state index contributed by atoms with van der Waals surface area (Å²) in [7, 11) is 1.85. The van der Waals surface area contributed by atoms with Gasteiger partial charge in [0.1, 0.15) is 6.61 Å². The van der Waals surface area contributed by atoms with Gasteiger partial charge in [-0.3, -0.25) is 9.59 Å². The number of amides is 2. The number of carbonyl (C=O) groups is 2. The Morgan fingerprint density at radius 1 is 0.966 bits per heavy atom. The van der Waals surface area contributed by atoms with Crippen molar-refractivity contribution in [1.29, 1.82) is 0 Å². The van der Waals surface area contributed by atoms with Crippen molar-refractivity contribution in [3.63, 3.8) is 0 Å². The summed E-state index contributed by atoms with van der Waals surface area (Å²) in [6.07, 6.45) is 4.83. The van der Waals surface area contributed by atoms with E-state index in [0.717, 1.165) is 25.7 Å². The highest BCUT2D eigenvalue weighted by atomic mass is 16.6. The minimum absolute atomic E-state index is 0.0704. The van der Waals surface area contributed by atoms with Crippen molar-refractivity contribution in [3.05, 3.63) is 54.1 Å². The van der Waals surface area contributed by atoms with E-state index in [4.69, 9.17) is 9.47 Å². The summed E-state index contributed by atoms with van der Waals surface area (Å²) in [5.74, 6) is 0.764. The number of anilines is 1. The predicted molar refractivity (Wildman–Crippen MR) is 110 cm³/mol. The Kier molecular flexibility index (Phi) is 5.69. The number of rotatable bonds is 4. The molecule has 6 nitrogen and oxygen atoms in total. The van der Waals surface area contributed by atoms with Crippen LogP contribution in [0.3, 0.4) is 0 Å². The van der Waals surface area contributed by atoms with E-state index in [1.807, 2.05) is 30.1 Å². The number of nitrogens with one attached hydrogen (secondary N) is 1. The van der Waals surface area contributed by atoms with Crippen LogP contribution in [-0.2, 0) is 4.79 Å². The zero-order valence-corrected chi connectivity index (χ0v) is 16.6. The largest absolute Gasteiger partial charge is 0.485 e. The molecule has 0 bridgehead atoms. The zero-order chi connectivity index (χ0) is 20.2. The quantitative estimate of drug-likeness (QED) is 0.855. The van der Waals surface area contributed by atoms with E-state index in [1.165, 1.54) is 6.42 Å². The Morgan fingerprint density at radius 2 is 1.66 bits per heavy atom. The van der Waals surface area contributed by atoms with Gasteiger partial charge in [0.15, 0.2) is 11.5 Å². The van der Waals surface area contributed by atoms with Crippen LogP contribution in [-0.4, -0.2) is 42.5 Å². The molecule has 2 aromatic carbocycles. The molecule has 1 aliphatic carbocycles. The van der Waals surface area contributed by atoms with Gasteiger partial charge in [0.25, 0.3) is 11.8 Å². The lowest BCUT2D eigenvalue weighted by molar-refractivity contribution is -0.125. The number of nitrogens with zero attached hydrogens (tertiary/aromatic N) is 1. The molecule has 0 aromatic heterocycles. The standard InChI is InChI=1S/C23H26N2O4/c1-25(16-9-3-2-4-10-16)23(27)17-11-5-6-12-18(17)24-22(26)21-15-28-19-13-7-8-14-20(19)29-21/h5-8,11-14,16,21H,2-4,9-10,15H2,1H3,(H,24,26). The number of para-hydroxylation sites is 3. The third-order valence-corrected chi connectivity index (χ3v) is 5.66. The van der Waals surface area contributed by atoms with Crippen molar-refractivity contribution in [2.24, 2.45) is 0 Å². The Labute approximate surface area is 170 Å². The maximum atomic E-state index is 13.1. The van der Waals surface area contributed by atoms with E-state index in [-0.39, 0.29) is 24.5 Å². The lowest BCUT2D eigenvalue weighted by Crippen LogP contribution is -2.41. The van der Waals surface area contributed by atoms with Crippen LogP contribution in [0, 0.1) is 0 Å². The van der Waals surface area contributed by atoms with E-state index in [9.17, 15) is 9.59 Å². The predicted octanol–water partition coefficient (Wildman–Crippen LogP) is 3.87. The van der Waals surface area contributed by atoms with Crippen LogP contribution in [0.25, 0.3) is 0 Å². The van der Waals surface area contributed by atoms with Gasteiger partial charge in [0.05, 0.1) is 11.3 Å². The molecule has 1 heterocycles. The summed E-state index contributed by atoms with van der Waals surface area (Å²) in [5, 5.41) is 2.86. The summed E-state index contributed by atoms with van der Waals surface area (Å²) in [6, 6.07) is 14.6. The fraction of sp³-hybridized carbons (Fsp3) is 0.391.